The number of rotatable bonds is 2. The summed E-state index contributed by atoms with van der Waals surface area (Å²) in [6.07, 6.45) is 3.17. The van der Waals surface area contributed by atoms with E-state index in [2.05, 4.69) is 62.5 Å². The molecular formula is C27H26N2OS. The fraction of sp³-hybridized carbons (Fsp3) is 0.259. The predicted molar refractivity (Wildman–Crippen MR) is 128 cm³/mol. The van der Waals surface area contributed by atoms with Crippen LogP contribution in [0.4, 0.5) is 5.69 Å². The third kappa shape index (κ3) is 3.70. The van der Waals surface area contributed by atoms with Gasteiger partial charge in [-0.05, 0) is 80.5 Å². The number of hydrogen-bond acceptors (Lipinski definition) is 3. The molecule has 0 fully saturated rings. The van der Waals surface area contributed by atoms with Crippen LogP contribution in [0.3, 0.4) is 0 Å². The van der Waals surface area contributed by atoms with Crippen molar-refractivity contribution in [3.05, 3.63) is 88.0 Å². The molecule has 0 saturated carbocycles. The lowest BCUT2D eigenvalue weighted by atomic mass is 9.87. The average Bonchev–Trinajstić information content (AvgIpc) is 2.92. The summed E-state index contributed by atoms with van der Waals surface area (Å²) in [5, 5.41) is 3.27. The van der Waals surface area contributed by atoms with E-state index >= 15 is 0 Å². The van der Waals surface area contributed by atoms with Gasteiger partial charge in [-0.1, -0.05) is 48.2 Å². The van der Waals surface area contributed by atoms with Gasteiger partial charge in [-0.25, -0.2) is 0 Å². The maximum atomic E-state index is 13.1. The van der Waals surface area contributed by atoms with Crippen molar-refractivity contribution in [2.75, 3.05) is 0 Å². The van der Waals surface area contributed by atoms with Gasteiger partial charge in [0.05, 0.1) is 11.7 Å². The first-order chi connectivity index (χ1) is 15.0. The number of fused-ring (bicyclic) bond motifs is 3. The van der Waals surface area contributed by atoms with Crippen LogP contribution in [0.2, 0.25) is 0 Å². The summed E-state index contributed by atoms with van der Waals surface area (Å²) < 4.78 is 0. The Labute approximate surface area is 188 Å². The van der Waals surface area contributed by atoms with Gasteiger partial charge in [0.2, 0.25) is 0 Å². The van der Waals surface area contributed by atoms with Crippen LogP contribution >= 0.6 is 11.8 Å². The summed E-state index contributed by atoms with van der Waals surface area (Å²) in [5.41, 5.74) is 8.84. The maximum absolute atomic E-state index is 13.1. The Morgan fingerprint density at radius 1 is 1.03 bits per heavy atom. The molecule has 31 heavy (non-hydrogen) atoms. The molecule has 0 unspecified atom stereocenters. The molecule has 156 valence electrons. The second kappa shape index (κ2) is 8.01. The molecule has 0 radical (unpaired) electrons. The van der Waals surface area contributed by atoms with Gasteiger partial charge in [-0.3, -0.25) is 9.79 Å². The number of carbonyl (C=O) groups is 1. The van der Waals surface area contributed by atoms with Gasteiger partial charge < -0.3 is 5.32 Å². The molecule has 0 bridgehead atoms. The molecule has 0 aromatic heterocycles. The van der Waals surface area contributed by atoms with Crippen molar-refractivity contribution in [3.8, 4) is 0 Å². The lowest BCUT2D eigenvalue weighted by Gasteiger charge is -2.26. The lowest BCUT2D eigenvalue weighted by molar-refractivity contribution is 0.0932. The van der Waals surface area contributed by atoms with Crippen molar-refractivity contribution in [1.29, 1.82) is 0 Å². The number of nitrogens with one attached hydrogen (secondary N) is 1. The highest BCUT2D eigenvalue weighted by molar-refractivity contribution is 7.99. The number of hydrogen-bond donors (Lipinski definition) is 1. The molecule has 1 amide bonds. The van der Waals surface area contributed by atoms with E-state index in [-0.39, 0.29) is 11.9 Å². The Morgan fingerprint density at radius 3 is 2.71 bits per heavy atom. The van der Waals surface area contributed by atoms with Gasteiger partial charge in [0.15, 0.2) is 0 Å². The largest absolute Gasteiger partial charge is 0.345 e. The Balaban J connectivity index is 1.46. The summed E-state index contributed by atoms with van der Waals surface area (Å²) in [4.78, 5) is 20.4. The Morgan fingerprint density at radius 2 is 1.84 bits per heavy atom. The minimum absolute atomic E-state index is 0.0310. The molecule has 3 nitrogen and oxygen atoms in total. The fourth-order valence-corrected chi connectivity index (χ4v) is 5.90. The van der Waals surface area contributed by atoms with Gasteiger partial charge in [-0.2, -0.15) is 0 Å². The van der Waals surface area contributed by atoms with Gasteiger partial charge >= 0.3 is 0 Å². The maximum Gasteiger partial charge on any atom is 0.251 e. The van der Waals surface area contributed by atoms with Crippen LogP contribution in [0, 0.1) is 13.8 Å². The molecule has 1 aliphatic heterocycles. The fourth-order valence-electron chi connectivity index (χ4n) is 4.69. The van der Waals surface area contributed by atoms with Crippen LogP contribution < -0.4 is 5.32 Å². The zero-order chi connectivity index (χ0) is 21.5. The Bertz CT molecular complexity index is 1230. The van der Waals surface area contributed by atoms with E-state index in [1.54, 1.807) is 11.8 Å². The monoisotopic (exact) mass is 426 g/mol. The zero-order valence-electron chi connectivity index (χ0n) is 18.2. The number of amides is 1. The normalized spacial score (nSPS) is 17.0. The molecule has 1 atom stereocenters. The third-order valence-corrected chi connectivity index (χ3v) is 7.62. The van der Waals surface area contributed by atoms with Crippen molar-refractivity contribution in [2.24, 2.45) is 4.99 Å². The number of carbonyl (C=O) groups excluding carboxylic acids is 1. The van der Waals surface area contributed by atoms with E-state index in [0.717, 1.165) is 35.6 Å². The summed E-state index contributed by atoms with van der Waals surface area (Å²) in [6.45, 7) is 6.34. The second-order valence-electron chi connectivity index (χ2n) is 8.50. The molecule has 1 heterocycles. The first-order valence-electron chi connectivity index (χ1n) is 10.9. The molecule has 1 aliphatic carbocycles. The molecule has 1 N–H and O–H groups in total. The minimum atomic E-state index is -0.0310. The SMILES string of the molecule is CC1=Nc2cc(C(=O)N[C@@H]3CCCc4ccccc43)ccc2Sc2c(C)ccc(C)c21. The van der Waals surface area contributed by atoms with E-state index in [4.69, 9.17) is 4.99 Å². The van der Waals surface area contributed by atoms with Crippen LogP contribution in [0.25, 0.3) is 0 Å². The summed E-state index contributed by atoms with van der Waals surface area (Å²) in [5.74, 6) is -0.0310. The van der Waals surface area contributed by atoms with Crippen LogP contribution in [0.5, 0.6) is 0 Å². The molecule has 3 aromatic rings. The quantitative estimate of drug-likeness (QED) is 0.494. The topological polar surface area (TPSA) is 41.5 Å². The van der Waals surface area contributed by atoms with Crippen molar-refractivity contribution >= 4 is 29.1 Å². The predicted octanol–water partition coefficient (Wildman–Crippen LogP) is 6.72. The molecule has 0 saturated heterocycles. The van der Waals surface area contributed by atoms with Gasteiger partial charge in [0, 0.05) is 26.6 Å². The van der Waals surface area contributed by atoms with Crippen LogP contribution in [0.15, 0.2) is 69.4 Å². The molecule has 3 aromatic carbocycles. The van der Waals surface area contributed by atoms with Crippen molar-refractivity contribution in [1.82, 2.24) is 5.32 Å². The van der Waals surface area contributed by atoms with E-state index in [1.165, 1.54) is 32.7 Å². The van der Waals surface area contributed by atoms with E-state index in [1.807, 2.05) is 18.2 Å². The summed E-state index contributed by atoms with van der Waals surface area (Å²) in [7, 11) is 0. The highest BCUT2D eigenvalue weighted by Crippen LogP contribution is 2.43. The van der Waals surface area contributed by atoms with Crippen LogP contribution in [0.1, 0.15) is 64.0 Å². The first-order valence-corrected chi connectivity index (χ1v) is 11.7. The molecule has 4 heteroatoms. The Kier molecular flexibility index (Phi) is 5.19. The second-order valence-corrected chi connectivity index (χ2v) is 9.55. The van der Waals surface area contributed by atoms with Crippen LogP contribution in [-0.4, -0.2) is 11.6 Å². The third-order valence-electron chi connectivity index (χ3n) is 6.32. The number of aliphatic imine (C=N–C) groups is 1. The van der Waals surface area contributed by atoms with Crippen molar-refractivity contribution < 1.29 is 4.79 Å². The average molecular weight is 427 g/mol. The van der Waals surface area contributed by atoms with Gasteiger partial charge in [0.1, 0.15) is 0 Å². The highest BCUT2D eigenvalue weighted by atomic mass is 32.2. The van der Waals surface area contributed by atoms with Crippen molar-refractivity contribution in [2.45, 2.75) is 55.9 Å². The van der Waals surface area contributed by atoms with E-state index < -0.39 is 0 Å². The van der Waals surface area contributed by atoms with Crippen molar-refractivity contribution in [3.63, 3.8) is 0 Å². The standard InChI is InChI=1S/C27H26N2OS/c1-16-11-12-17(2)26-25(16)18(3)28-23-15-20(13-14-24(23)31-26)27(30)29-22-10-6-8-19-7-4-5-9-21(19)22/h4-5,7,9,11-15,22H,6,8,10H2,1-3H3,(H,29,30)/t22-/m1/s1. The Hall–Kier alpha value is -2.85. The molecule has 5 rings (SSSR count). The number of nitrogens with zero attached hydrogens (tertiary/aromatic N) is 1. The zero-order valence-corrected chi connectivity index (χ0v) is 19.0. The molecule has 2 aliphatic rings. The summed E-state index contributed by atoms with van der Waals surface area (Å²) in [6, 6.07) is 18.8. The van der Waals surface area contributed by atoms with E-state index in [9.17, 15) is 4.79 Å². The van der Waals surface area contributed by atoms with E-state index in [0.29, 0.717) is 5.56 Å². The number of benzene rings is 3. The number of aryl methyl sites for hydroxylation is 3. The molecule has 0 spiro atoms. The summed E-state index contributed by atoms with van der Waals surface area (Å²) >= 11 is 1.75. The highest BCUT2D eigenvalue weighted by Gasteiger charge is 2.23. The van der Waals surface area contributed by atoms with Gasteiger partial charge in [0.25, 0.3) is 5.91 Å². The molecular weight excluding hydrogens is 400 g/mol. The lowest BCUT2D eigenvalue weighted by Crippen LogP contribution is -2.30. The smallest absolute Gasteiger partial charge is 0.251 e. The first kappa shape index (κ1) is 20.1. The minimum Gasteiger partial charge on any atom is -0.345 e. The van der Waals surface area contributed by atoms with Crippen LogP contribution in [-0.2, 0) is 6.42 Å². The van der Waals surface area contributed by atoms with Gasteiger partial charge in [-0.15, -0.1) is 0 Å².